The van der Waals surface area contributed by atoms with Gasteiger partial charge in [0.05, 0.1) is 18.2 Å². The largest absolute Gasteiger partial charge is 0.507 e. The van der Waals surface area contributed by atoms with Crippen molar-refractivity contribution >= 4 is 29.1 Å². The van der Waals surface area contributed by atoms with E-state index >= 15 is 0 Å². The van der Waals surface area contributed by atoms with Crippen molar-refractivity contribution in [2.75, 3.05) is 11.5 Å². The van der Waals surface area contributed by atoms with Gasteiger partial charge in [0.25, 0.3) is 11.7 Å². The van der Waals surface area contributed by atoms with Crippen LogP contribution in [0.3, 0.4) is 0 Å². The highest BCUT2D eigenvalue weighted by Gasteiger charge is 2.47. The van der Waals surface area contributed by atoms with Crippen molar-refractivity contribution < 1.29 is 29.0 Å². The number of hydrogen-bond acceptors (Lipinski definition) is 6. The number of carbonyl (C=O) groups is 3. The molecule has 0 spiro atoms. The third-order valence-corrected chi connectivity index (χ3v) is 6.56. The summed E-state index contributed by atoms with van der Waals surface area (Å²) in [5.74, 6) is -1.38. The molecule has 1 heterocycles. The number of anilines is 1. The number of rotatable bonds is 7. The van der Waals surface area contributed by atoms with E-state index in [9.17, 15) is 19.5 Å². The smallest absolute Gasteiger partial charge is 0.308 e. The molecule has 38 heavy (non-hydrogen) atoms. The molecule has 1 amide bonds. The summed E-state index contributed by atoms with van der Waals surface area (Å²) in [6.07, 6.45) is 0.857. The Morgan fingerprint density at radius 3 is 2.37 bits per heavy atom. The second-order valence-electron chi connectivity index (χ2n) is 9.43. The SMILES string of the molecule is CCCOc1ccc(/C(O)=C2\C(=O)C(=O)N(c3ccc(C)c(C)c3)C2c2cccc(OC(C)=O)c2)cc1C. The summed E-state index contributed by atoms with van der Waals surface area (Å²) < 4.78 is 11.0. The van der Waals surface area contributed by atoms with E-state index in [0.717, 1.165) is 23.1 Å². The van der Waals surface area contributed by atoms with Gasteiger partial charge >= 0.3 is 5.97 Å². The number of esters is 1. The highest BCUT2D eigenvalue weighted by molar-refractivity contribution is 6.51. The number of amides is 1. The molecule has 3 aromatic rings. The van der Waals surface area contributed by atoms with Crippen LogP contribution in [0.2, 0.25) is 0 Å². The second kappa shape index (κ2) is 10.9. The van der Waals surface area contributed by atoms with Gasteiger partial charge in [-0.2, -0.15) is 0 Å². The number of benzene rings is 3. The monoisotopic (exact) mass is 513 g/mol. The molecular formula is C31H31NO6. The van der Waals surface area contributed by atoms with E-state index in [1.54, 1.807) is 48.5 Å². The summed E-state index contributed by atoms with van der Waals surface area (Å²) in [7, 11) is 0. The van der Waals surface area contributed by atoms with Gasteiger partial charge in [0, 0.05) is 18.2 Å². The Hall–Kier alpha value is -4.39. The summed E-state index contributed by atoms with van der Waals surface area (Å²) >= 11 is 0. The number of Topliss-reactive ketones (excluding diaryl/α,β-unsaturated/α-hetero) is 1. The van der Waals surface area contributed by atoms with Gasteiger partial charge in [0.2, 0.25) is 0 Å². The Labute approximate surface area is 222 Å². The second-order valence-corrected chi connectivity index (χ2v) is 9.43. The summed E-state index contributed by atoms with van der Waals surface area (Å²) in [4.78, 5) is 39.9. The van der Waals surface area contributed by atoms with Crippen LogP contribution in [0.5, 0.6) is 11.5 Å². The fourth-order valence-corrected chi connectivity index (χ4v) is 4.53. The molecule has 0 radical (unpaired) electrons. The van der Waals surface area contributed by atoms with Gasteiger partial charge in [0.1, 0.15) is 17.3 Å². The van der Waals surface area contributed by atoms with E-state index in [1.807, 2.05) is 39.8 Å². The summed E-state index contributed by atoms with van der Waals surface area (Å²) in [5, 5.41) is 11.5. The molecule has 1 atom stereocenters. The van der Waals surface area contributed by atoms with E-state index < -0.39 is 23.7 Å². The topological polar surface area (TPSA) is 93.1 Å². The van der Waals surface area contributed by atoms with Gasteiger partial charge in [-0.05, 0) is 91.9 Å². The first kappa shape index (κ1) is 26.7. The first-order chi connectivity index (χ1) is 18.1. The van der Waals surface area contributed by atoms with Crippen molar-refractivity contribution in [3.05, 3.63) is 94.1 Å². The lowest BCUT2D eigenvalue weighted by Gasteiger charge is -2.26. The average Bonchev–Trinajstić information content (AvgIpc) is 3.14. The third kappa shape index (κ3) is 5.18. The standard InChI is InChI=1S/C31H31NO6/c1-6-14-37-26-13-11-23(15-20(26)4)29(34)27-28(22-8-7-9-25(17-22)38-21(5)33)32(31(36)30(27)35)24-12-10-18(2)19(3)16-24/h7-13,15-17,28,34H,6,14H2,1-5H3/b29-27+. The molecule has 1 aliphatic rings. The van der Waals surface area contributed by atoms with E-state index in [4.69, 9.17) is 9.47 Å². The molecule has 0 saturated carbocycles. The van der Waals surface area contributed by atoms with Crippen LogP contribution in [0.4, 0.5) is 5.69 Å². The van der Waals surface area contributed by atoms with Crippen LogP contribution in [-0.2, 0) is 14.4 Å². The molecule has 7 heteroatoms. The van der Waals surface area contributed by atoms with Crippen LogP contribution >= 0.6 is 0 Å². The number of hydrogen-bond donors (Lipinski definition) is 1. The molecule has 0 bridgehead atoms. The number of aliphatic hydroxyl groups is 1. The first-order valence-corrected chi connectivity index (χ1v) is 12.5. The molecule has 4 rings (SSSR count). The van der Waals surface area contributed by atoms with Crippen LogP contribution in [0, 0.1) is 20.8 Å². The predicted molar refractivity (Wildman–Crippen MR) is 145 cm³/mol. The zero-order valence-electron chi connectivity index (χ0n) is 22.2. The molecule has 1 aliphatic heterocycles. The van der Waals surface area contributed by atoms with Crippen molar-refractivity contribution in [2.24, 2.45) is 0 Å². The molecule has 1 N–H and O–H groups in total. The molecule has 1 saturated heterocycles. The maximum atomic E-state index is 13.5. The Morgan fingerprint density at radius 2 is 1.71 bits per heavy atom. The Morgan fingerprint density at radius 1 is 0.947 bits per heavy atom. The number of nitrogens with zero attached hydrogens (tertiary/aromatic N) is 1. The maximum absolute atomic E-state index is 13.5. The number of aryl methyl sites for hydroxylation is 3. The third-order valence-electron chi connectivity index (χ3n) is 6.56. The fraction of sp³-hybridized carbons (Fsp3) is 0.258. The highest BCUT2D eigenvalue weighted by Crippen LogP contribution is 2.43. The van der Waals surface area contributed by atoms with Crippen molar-refractivity contribution in [1.29, 1.82) is 0 Å². The van der Waals surface area contributed by atoms with E-state index in [-0.39, 0.29) is 17.1 Å². The summed E-state index contributed by atoms with van der Waals surface area (Å²) in [5.41, 5.74) is 4.17. The van der Waals surface area contributed by atoms with Crippen LogP contribution in [0.15, 0.2) is 66.2 Å². The molecule has 0 aliphatic carbocycles. The minimum Gasteiger partial charge on any atom is -0.507 e. The van der Waals surface area contributed by atoms with E-state index in [0.29, 0.717) is 29.2 Å². The molecule has 7 nitrogen and oxygen atoms in total. The number of ketones is 1. The van der Waals surface area contributed by atoms with Crippen LogP contribution < -0.4 is 14.4 Å². The Balaban J connectivity index is 1.90. The van der Waals surface area contributed by atoms with Crippen molar-refractivity contribution in [3.8, 4) is 11.5 Å². The zero-order valence-corrected chi connectivity index (χ0v) is 22.2. The maximum Gasteiger partial charge on any atom is 0.308 e. The average molecular weight is 514 g/mol. The van der Waals surface area contributed by atoms with Gasteiger partial charge in [-0.3, -0.25) is 19.3 Å². The Bertz CT molecular complexity index is 1450. The molecular weight excluding hydrogens is 482 g/mol. The number of aliphatic hydroxyl groups excluding tert-OH is 1. The summed E-state index contributed by atoms with van der Waals surface area (Å²) in [6, 6.07) is 16.3. The molecule has 3 aromatic carbocycles. The molecule has 0 aromatic heterocycles. The molecule has 196 valence electrons. The van der Waals surface area contributed by atoms with Crippen LogP contribution in [-0.4, -0.2) is 29.4 Å². The molecule has 1 fully saturated rings. The Kier molecular flexibility index (Phi) is 7.67. The molecule has 1 unspecified atom stereocenters. The van der Waals surface area contributed by atoms with Crippen molar-refractivity contribution in [1.82, 2.24) is 0 Å². The minimum absolute atomic E-state index is 0.0465. The number of ether oxygens (including phenoxy) is 2. The zero-order chi connectivity index (χ0) is 27.6. The van der Waals surface area contributed by atoms with Crippen LogP contribution in [0.1, 0.15) is 54.1 Å². The quantitative estimate of drug-likeness (QED) is 0.138. The normalized spacial score (nSPS) is 16.6. The highest BCUT2D eigenvalue weighted by atomic mass is 16.5. The number of carbonyl (C=O) groups excluding carboxylic acids is 3. The lowest BCUT2D eigenvalue weighted by atomic mass is 9.94. The minimum atomic E-state index is -0.941. The predicted octanol–water partition coefficient (Wildman–Crippen LogP) is 5.95. The van der Waals surface area contributed by atoms with E-state index in [2.05, 4.69) is 0 Å². The lowest BCUT2D eigenvalue weighted by Crippen LogP contribution is -2.29. The van der Waals surface area contributed by atoms with E-state index in [1.165, 1.54) is 11.8 Å². The summed E-state index contributed by atoms with van der Waals surface area (Å²) in [6.45, 7) is 9.62. The van der Waals surface area contributed by atoms with Gasteiger partial charge in [0.15, 0.2) is 0 Å². The van der Waals surface area contributed by atoms with Gasteiger partial charge < -0.3 is 14.6 Å². The lowest BCUT2D eigenvalue weighted by molar-refractivity contribution is -0.132. The van der Waals surface area contributed by atoms with Crippen molar-refractivity contribution in [3.63, 3.8) is 0 Å². The van der Waals surface area contributed by atoms with Gasteiger partial charge in [-0.15, -0.1) is 0 Å². The van der Waals surface area contributed by atoms with Gasteiger partial charge in [-0.1, -0.05) is 25.1 Å². The first-order valence-electron chi connectivity index (χ1n) is 12.5. The van der Waals surface area contributed by atoms with Gasteiger partial charge in [-0.25, -0.2) is 0 Å². The van der Waals surface area contributed by atoms with Crippen LogP contribution in [0.25, 0.3) is 5.76 Å². The van der Waals surface area contributed by atoms with Crippen molar-refractivity contribution in [2.45, 2.75) is 47.1 Å². The fourth-order valence-electron chi connectivity index (χ4n) is 4.53.